The third-order valence-electron chi connectivity index (χ3n) is 5.34. The van der Waals surface area contributed by atoms with Crippen molar-refractivity contribution in [3.8, 4) is 0 Å². The van der Waals surface area contributed by atoms with E-state index in [1.54, 1.807) is 0 Å². The molecule has 1 fully saturated rings. The van der Waals surface area contributed by atoms with E-state index in [-0.39, 0.29) is 0 Å². The van der Waals surface area contributed by atoms with E-state index in [0.29, 0.717) is 7.11 Å². The van der Waals surface area contributed by atoms with Gasteiger partial charge in [-0.1, -0.05) is 0 Å². The monoisotopic (exact) mass is 502 g/mol. The van der Waals surface area contributed by atoms with Crippen molar-refractivity contribution in [1.29, 1.82) is 0 Å². The van der Waals surface area contributed by atoms with Crippen LogP contribution in [-0.2, 0) is 14.2 Å². The molecule has 0 N–H and O–H groups in total. The molecular formula is C16H18F12O4. The highest BCUT2D eigenvalue weighted by Crippen LogP contribution is 2.59. The average molecular weight is 502 g/mol. The Morgan fingerprint density at radius 1 is 0.688 bits per heavy atom. The van der Waals surface area contributed by atoms with Crippen LogP contribution >= 0.6 is 0 Å². The molecule has 0 heterocycles. The van der Waals surface area contributed by atoms with Crippen LogP contribution in [0.2, 0.25) is 0 Å². The lowest BCUT2D eigenvalue weighted by Crippen LogP contribution is -2.67. The molecule has 0 spiro atoms. The molecular weight excluding hydrogens is 484 g/mol. The number of carbonyl (C=O) groups is 1. The lowest BCUT2D eigenvalue weighted by Gasteiger charge is -2.48. The van der Waals surface area contributed by atoms with Crippen LogP contribution in [-0.4, -0.2) is 55.8 Å². The molecule has 16 heteroatoms. The summed E-state index contributed by atoms with van der Waals surface area (Å²) in [7, 11) is 0.417. The number of hydrogen-bond acceptors (Lipinski definition) is 4. The normalized spacial score (nSPS) is 21.9. The number of halogens is 12. The predicted octanol–water partition coefficient (Wildman–Crippen LogP) is 6.34. The lowest BCUT2D eigenvalue weighted by atomic mass is 9.67. The van der Waals surface area contributed by atoms with Crippen molar-refractivity contribution in [3.05, 3.63) is 0 Å². The minimum Gasteiger partial charge on any atom is -0.438 e. The summed E-state index contributed by atoms with van der Waals surface area (Å²) in [4.78, 5) is 11.2. The molecule has 4 nitrogen and oxygen atoms in total. The molecule has 0 amide bonds. The van der Waals surface area contributed by atoms with Crippen molar-refractivity contribution < 1.29 is 71.7 Å². The molecule has 32 heavy (non-hydrogen) atoms. The Labute approximate surface area is 173 Å². The fourth-order valence-electron chi connectivity index (χ4n) is 4.04. The Balaban J connectivity index is 3.45. The highest BCUT2D eigenvalue weighted by atomic mass is 19.4. The van der Waals surface area contributed by atoms with E-state index in [4.69, 9.17) is 0 Å². The maximum atomic E-state index is 13.5. The van der Waals surface area contributed by atoms with Crippen molar-refractivity contribution in [2.45, 2.75) is 68.5 Å². The molecule has 0 aromatic rings. The van der Waals surface area contributed by atoms with Gasteiger partial charge < -0.3 is 14.2 Å². The standard InChI is InChI=1S/C16H18F12O4/c1-3-31-11(13(17,18)19,14(20,21)22)8-4-6-9(7-5-8)12(15(23,24)25,16(26,27)28)32-10(29)30-2/h8-9H,3-7H2,1-2H3. The largest absolute Gasteiger partial charge is 0.509 e. The van der Waals surface area contributed by atoms with E-state index in [2.05, 4.69) is 14.2 Å². The Bertz CT molecular complexity index is 613. The molecule has 1 aliphatic rings. The van der Waals surface area contributed by atoms with Gasteiger partial charge in [0.15, 0.2) is 0 Å². The molecule has 190 valence electrons. The molecule has 0 aliphatic heterocycles. The van der Waals surface area contributed by atoms with Gasteiger partial charge in [0.25, 0.3) is 5.60 Å². The summed E-state index contributed by atoms with van der Waals surface area (Å²) in [5.41, 5.74) is -9.98. The van der Waals surface area contributed by atoms with Crippen LogP contribution in [0.25, 0.3) is 0 Å². The Morgan fingerprint density at radius 2 is 1.00 bits per heavy atom. The average Bonchev–Trinajstić information content (AvgIpc) is 2.60. The summed E-state index contributed by atoms with van der Waals surface area (Å²) in [6.45, 7) is -0.264. The molecule has 0 atom stereocenters. The molecule has 0 bridgehead atoms. The fraction of sp³-hybridized carbons (Fsp3) is 0.938. The van der Waals surface area contributed by atoms with Crippen molar-refractivity contribution in [2.24, 2.45) is 11.8 Å². The number of rotatable bonds is 5. The smallest absolute Gasteiger partial charge is 0.438 e. The van der Waals surface area contributed by atoms with Crippen LogP contribution in [0.1, 0.15) is 32.6 Å². The first kappa shape index (κ1) is 28.4. The summed E-state index contributed by atoms with van der Waals surface area (Å²) in [6, 6.07) is 0. The molecule has 0 unspecified atom stereocenters. The quantitative estimate of drug-likeness (QED) is 0.325. The van der Waals surface area contributed by atoms with Crippen LogP contribution in [0.5, 0.6) is 0 Å². The lowest BCUT2D eigenvalue weighted by molar-refractivity contribution is -0.406. The zero-order valence-corrected chi connectivity index (χ0v) is 16.4. The molecule has 0 radical (unpaired) electrons. The topological polar surface area (TPSA) is 44.8 Å². The molecule has 1 saturated carbocycles. The van der Waals surface area contributed by atoms with E-state index in [9.17, 15) is 57.5 Å². The third kappa shape index (κ3) is 4.69. The van der Waals surface area contributed by atoms with Gasteiger partial charge in [-0.05, 0) is 32.6 Å². The van der Waals surface area contributed by atoms with E-state index >= 15 is 0 Å². The van der Waals surface area contributed by atoms with Crippen molar-refractivity contribution >= 4 is 6.16 Å². The van der Waals surface area contributed by atoms with Crippen molar-refractivity contribution in [3.63, 3.8) is 0 Å². The van der Waals surface area contributed by atoms with Gasteiger partial charge in [-0.2, -0.15) is 52.7 Å². The summed E-state index contributed by atoms with van der Waals surface area (Å²) in [6.07, 6.45) is -32.7. The van der Waals surface area contributed by atoms with Crippen LogP contribution in [0.3, 0.4) is 0 Å². The van der Waals surface area contributed by atoms with E-state index < -0.39 is 86.2 Å². The van der Waals surface area contributed by atoms with E-state index in [0.717, 1.165) is 6.92 Å². The van der Waals surface area contributed by atoms with Gasteiger partial charge in [0, 0.05) is 18.4 Å². The predicted molar refractivity (Wildman–Crippen MR) is 80.2 cm³/mol. The summed E-state index contributed by atoms with van der Waals surface area (Å²) in [5, 5.41) is 0. The first-order chi connectivity index (χ1) is 14.2. The molecule has 0 saturated heterocycles. The van der Waals surface area contributed by atoms with Gasteiger partial charge >= 0.3 is 36.5 Å². The van der Waals surface area contributed by atoms with E-state index in [1.807, 2.05) is 0 Å². The first-order valence-corrected chi connectivity index (χ1v) is 8.90. The highest BCUT2D eigenvalue weighted by Gasteiger charge is 2.79. The summed E-state index contributed by atoms with van der Waals surface area (Å²) < 4.78 is 173. The molecule has 1 rings (SSSR count). The minimum absolute atomic E-state index is 0.417. The Kier molecular flexibility index (Phi) is 7.97. The highest BCUT2D eigenvalue weighted by molar-refractivity contribution is 5.60. The summed E-state index contributed by atoms with van der Waals surface area (Å²) in [5.74, 6) is -5.25. The zero-order chi connectivity index (χ0) is 25.4. The number of ether oxygens (including phenoxy) is 3. The van der Waals surface area contributed by atoms with Crippen molar-refractivity contribution in [1.82, 2.24) is 0 Å². The number of hydrogen-bond donors (Lipinski definition) is 0. The van der Waals surface area contributed by atoms with Crippen LogP contribution in [0, 0.1) is 11.8 Å². The first-order valence-electron chi connectivity index (χ1n) is 8.90. The van der Waals surface area contributed by atoms with Gasteiger partial charge in [-0.25, -0.2) is 4.79 Å². The maximum Gasteiger partial charge on any atom is 0.509 e. The Morgan fingerprint density at radius 3 is 1.25 bits per heavy atom. The van der Waals surface area contributed by atoms with Crippen LogP contribution in [0.4, 0.5) is 57.5 Å². The molecule has 0 aromatic carbocycles. The SMILES string of the molecule is CCOC(C1CCC(C(OC(=O)OC)(C(F)(F)F)C(F)(F)F)CC1)(C(F)(F)F)C(F)(F)F. The van der Waals surface area contributed by atoms with Gasteiger partial charge in [-0.15, -0.1) is 0 Å². The van der Waals surface area contributed by atoms with Gasteiger partial charge in [-0.3, -0.25) is 0 Å². The second kappa shape index (κ2) is 8.97. The molecule has 0 aromatic heterocycles. The van der Waals surface area contributed by atoms with Gasteiger partial charge in [0.05, 0.1) is 7.11 Å². The van der Waals surface area contributed by atoms with E-state index in [1.165, 1.54) is 0 Å². The summed E-state index contributed by atoms with van der Waals surface area (Å²) >= 11 is 0. The third-order valence-corrected chi connectivity index (χ3v) is 5.34. The van der Waals surface area contributed by atoms with Crippen molar-refractivity contribution in [2.75, 3.05) is 13.7 Å². The minimum atomic E-state index is -6.30. The number of carbonyl (C=O) groups excluding carboxylic acids is 1. The Hall–Kier alpha value is -1.61. The second-order valence-corrected chi connectivity index (χ2v) is 7.00. The maximum absolute atomic E-state index is 13.5. The second-order valence-electron chi connectivity index (χ2n) is 7.00. The zero-order valence-electron chi connectivity index (χ0n) is 16.4. The van der Waals surface area contributed by atoms with Gasteiger partial charge in [0.1, 0.15) is 0 Å². The van der Waals surface area contributed by atoms with Gasteiger partial charge in [0.2, 0.25) is 0 Å². The van der Waals surface area contributed by atoms with Crippen LogP contribution in [0.15, 0.2) is 0 Å². The fourth-order valence-corrected chi connectivity index (χ4v) is 4.04. The number of alkyl halides is 12. The van der Waals surface area contributed by atoms with Crippen LogP contribution < -0.4 is 0 Å². The molecule has 1 aliphatic carbocycles. The number of methoxy groups -OCH3 is 1.